The largest absolute Gasteiger partial charge is 0.338 e. The van der Waals surface area contributed by atoms with Crippen LogP contribution < -0.4 is 10.6 Å². The zero-order chi connectivity index (χ0) is 21.8. The number of anilines is 3. The van der Waals surface area contributed by atoms with E-state index in [2.05, 4.69) is 20.6 Å². The van der Waals surface area contributed by atoms with Crippen LogP contribution in [0, 0.1) is 19.8 Å². The highest BCUT2D eigenvalue weighted by atomic mass is 16.2. The van der Waals surface area contributed by atoms with Crippen molar-refractivity contribution in [3.05, 3.63) is 77.6 Å². The van der Waals surface area contributed by atoms with Crippen LogP contribution in [0.25, 0.3) is 0 Å². The van der Waals surface area contributed by atoms with E-state index < -0.39 is 0 Å². The minimum absolute atomic E-state index is 0.00591. The molecule has 7 nitrogen and oxygen atoms in total. The van der Waals surface area contributed by atoms with Gasteiger partial charge in [-0.05, 0) is 43.7 Å². The molecule has 1 aliphatic heterocycles. The summed E-state index contributed by atoms with van der Waals surface area (Å²) in [6.45, 7) is 4.79. The molecule has 2 N–H and O–H groups in total. The zero-order valence-corrected chi connectivity index (χ0v) is 17.6. The summed E-state index contributed by atoms with van der Waals surface area (Å²) in [4.78, 5) is 35.7. The third-order valence-electron chi connectivity index (χ3n) is 5.17. The van der Waals surface area contributed by atoms with Gasteiger partial charge in [-0.25, -0.2) is 9.97 Å². The van der Waals surface area contributed by atoms with Gasteiger partial charge in [0.15, 0.2) is 0 Å². The minimum atomic E-state index is -0.365. The van der Waals surface area contributed by atoms with Gasteiger partial charge < -0.3 is 15.5 Å². The second-order valence-electron chi connectivity index (χ2n) is 7.83. The molecule has 1 aromatic heterocycles. The predicted molar refractivity (Wildman–Crippen MR) is 120 cm³/mol. The Hall–Kier alpha value is -3.74. The normalized spacial score (nSPS) is 15.7. The number of carbonyl (C=O) groups is 2. The van der Waals surface area contributed by atoms with Gasteiger partial charge in [0.05, 0.1) is 5.92 Å². The van der Waals surface area contributed by atoms with Gasteiger partial charge in [0.1, 0.15) is 0 Å². The SMILES string of the molecule is Cc1cc(C)nc(Nc2cccc(NC(=O)C3CC(=O)N(Cc4ccccc4)C3)c2)n1. The van der Waals surface area contributed by atoms with Crippen molar-refractivity contribution < 1.29 is 9.59 Å². The lowest BCUT2D eigenvalue weighted by atomic mass is 10.1. The smallest absolute Gasteiger partial charge is 0.229 e. The maximum atomic E-state index is 12.8. The first-order chi connectivity index (χ1) is 15.0. The van der Waals surface area contributed by atoms with E-state index in [0.717, 1.165) is 22.6 Å². The molecule has 2 aromatic carbocycles. The van der Waals surface area contributed by atoms with Crippen LogP contribution in [0.15, 0.2) is 60.7 Å². The third kappa shape index (κ3) is 5.25. The molecule has 7 heteroatoms. The van der Waals surface area contributed by atoms with Crippen LogP contribution in [-0.2, 0) is 16.1 Å². The second kappa shape index (κ2) is 8.95. The van der Waals surface area contributed by atoms with Crippen LogP contribution in [0.5, 0.6) is 0 Å². The molecule has 0 bridgehead atoms. The van der Waals surface area contributed by atoms with Gasteiger partial charge in [-0.15, -0.1) is 0 Å². The van der Waals surface area contributed by atoms with E-state index in [4.69, 9.17) is 0 Å². The Morgan fingerprint density at radius 2 is 1.71 bits per heavy atom. The molecular weight excluding hydrogens is 390 g/mol. The van der Waals surface area contributed by atoms with E-state index >= 15 is 0 Å². The monoisotopic (exact) mass is 415 g/mol. The number of benzene rings is 2. The van der Waals surface area contributed by atoms with Crippen LogP contribution in [0.1, 0.15) is 23.4 Å². The quantitative estimate of drug-likeness (QED) is 0.639. The van der Waals surface area contributed by atoms with Gasteiger partial charge >= 0.3 is 0 Å². The second-order valence-corrected chi connectivity index (χ2v) is 7.83. The van der Waals surface area contributed by atoms with Crippen LogP contribution in [0.2, 0.25) is 0 Å². The van der Waals surface area contributed by atoms with Crippen molar-refractivity contribution >= 4 is 29.1 Å². The van der Waals surface area contributed by atoms with Crippen molar-refractivity contribution in [2.75, 3.05) is 17.2 Å². The molecule has 0 aliphatic carbocycles. The Balaban J connectivity index is 1.38. The first-order valence-electron chi connectivity index (χ1n) is 10.3. The average molecular weight is 415 g/mol. The van der Waals surface area contributed by atoms with Crippen molar-refractivity contribution in [3.8, 4) is 0 Å². The zero-order valence-electron chi connectivity index (χ0n) is 17.6. The topological polar surface area (TPSA) is 87.2 Å². The molecule has 3 aromatic rings. The number of aromatic nitrogens is 2. The van der Waals surface area contributed by atoms with Gasteiger partial charge in [-0.1, -0.05) is 36.4 Å². The van der Waals surface area contributed by atoms with Crippen molar-refractivity contribution in [3.63, 3.8) is 0 Å². The maximum absolute atomic E-state index is 12.8. The van der Waals surface area contributed by atoms with E-state index in [0.29, 0.717) is 24.7 Å². The highest BCUT2D eigenvalue weighted by molar-refractivity contribution is 5.97. The molecule has 158 valence electrons. The first kappa shape index (κ1) is 20.5. The molecule has 4 rings (SSSR count). The van der Waals surface area contributed by atoms with Crippen molar-refractivity contribution in [1.82, 2.24) is 14.9 Å². The lowest BCUT2D eigenvalue weighted by molar-refractivity contribution is -0.128. The number of likely N-dealkylation sites (tertiary alicyclic amines) is 1. The molecule has 1 fully saturated rings. The average Bonchev–Trinajstić information content (AvgIpc) is 3.09. The number of nitrogens with zero attached hydrogens (tertiary/aromatic N) is 3. The van der Waals surface area contributed by atoms with Gasteiger partial charge in [-0.3, -0.25) is 9.59 Å². The molecule has 0 spiro atoms. The minimum Gasteiger partial charge on any atom is -0.338 e. The fourth-order valence-corrected chi connectivity index (χ4v) is 3.73. The summed E-state index contributed by atoms with van der Waals surface area (Å²) < 4.78 is 0. The summed E-state index contributed by atoms with van der Waals surface area (Å²) in [5, 5.41) is 6.11. The third-order valence-corrected chi connectivity index (χ3v) is 5.17. The highest BCUT2D eigenvalue weighted by Crippen LogP contribution is 2.23. The van der Waals surface area contributed by atoms with Crippen LogP contribution in [-0.4, -0.2) is 33.2 Å². The molecule has 1 saturated heterocycles. The van der Waals surface area contributed by atoms with E-state index in [1.807, 2.05) is 74.5 Å². The Morgan fingerprint density at radius 3 is 2.45 bits per heavy atom. The number of hydrogen-bond acceptors (Lipinski definition) is 5. The molecule has 1 atom stereocenters. The van der Waals surface area contributed by atoms with E-state index in [1.165, 1.54) is 0 Å². The summed E-state index contributed by atoms with van der Waals surface area (Å²) in [7, 11) is 0. The van der Waals surface area contributed by atoms with E-state index in [1.54, 1.807) is 4.90 Å². The number of nitrogens with one attached hydrogen (secondary N) is 2. The summed E-state index contributed by atoms with van der Waals surface area (Å²) in [6, 6.07) is 19.1. The summed E-state index contributed by atoms with van der Waals surface area (Å²) in [5.74, 6) is 0.00426. The number of hydrogen-bond donors (Lipinski definition) is 2. The lowest BCUT2D eigenvalue weighted by Gasteiger charge is -2.17. The standard InChI is InChI=1S/C24H25N5O2/c1-16-11-17(2)26-24(25-16)28-21-10-6-9-20(13-21)27-23(31)19-12-22(30)29(15-19)14-18-7-4-3-5-8-18/h3-11,13,19H,12,14-15H2,1-2H3,(H,27,31)(H,25,26,28). The predicted octanol–water partition coefficient (Wildman–Crippen LogP) is 3.82. The van der Waals surface area contributed by atoms with Crippen molar-refractivity contribution in [2.24, 2.45) is 5.92 Å². The number of carbonyl (C=O) groups excluding carboxylic acids is 2. The Kier molecular flexibility index (Phi) is 5.93. The van der Waals surface area contributed by atoms with Gasteiger partial charge in [0.25, 0.3) is 0 Å². The molecule has 2 amide bonds. The summed E-state index contributed by atoms with van der Waals surface area (Å²) in [6.07, 6.45) is 0.229. The van der Waals surface area contributed by atoms with Crippen LogP contribution in [0.3, 0.4) is 0 Å². The number of amides is 2. The van der Waals surface area contributed by atoms with E-state index in [-0.39, 0.29) is 24.2 Å². The first-order valence-corrected chi connectivity index (χ1v) is 10.3. The molecule has 1 unspecified atom stereocenters. The Labute approximate surface area is 181 Å². The molecule has 0 radical (unpaired) electrons. The Bertz CT molecular complexity index is 1080. The molecule has 0 saturated carbocycles. The van der Waals surface area contributed by atoms with Crippen LogP contribution >= 0.6 is 0 Å². The van der Waals surface area contributed by atoms with Gasteiger partial charge in [0, 0.05) is 42.3 Å². The molecule has 31 heavy (non-hydrogen) atoms. The maximum Gasteiger partial charge on any atom is 0.229 e. The fraction of sp³-hybridized carbons (Fsp3) is 0.250. The fourth-order valence-electron chi connectivity index (χ4n) is 3.73. The summed E-state index contributed by atoms with van der Waals surface area (Å²) in [5.41, 5.74) is 4.25. The number of rotatable bonds is 6. The number of aryl methyl sites for hydroxylation is 2. The lowest BCUT2D eigenvalue weighted by Crippen LogP contribution is -2.28. The van der Waals surface area contributed by atoms with Gasteiger partial charge in [-0.2, -0.15) is 0 Å². The van der Waals surface area contributed by atoms with Crippen molar-refractivity contribution in [1.29, 1.82) is 0 Å². The van der Waals surface area contributed by atoms with Crippen LogP contribution in [0.4, 0.5) is 17.3 Å². The van der Waals surface area contributed by atoms with Gasteiger partial charge in [0.2, 0.25) is 17.8 Å². The van der Waals surface area contributed by atoms with E-state index in [9.17, 15) is 9.59 Å². The molecular formula is C24H25N5O2. The highest BCUT2D eigenvalue weighted by Gasteiger charge is 2.34. The molecule has 2 heterocycles. The molecule has 1 aliphatic rings. The summed E-state index contributed by atoms with van der Waals surface area (Å²) >= 11 is 0. The van der Waals surface area contributed by atoms with Crippen molar-refractivity contribution in [2.45, 2.75) is 26.8 Å². The Morgan fingerprint density at radius 1 is 1.00 bits per heavy atom.